The van der Waals surface area contributed by atoms with Crippen LogP contribution in [0.25, 0.3) is 0 Å². The molecule has 0 heterocycles. The van der Waals surface area contributed by atoms with E-state index in [4.69, 9.17) is 0 Å². The van der Waals surface area contributed by atoms with Crippen molar-refractivity contribution >= 4 is 0 Å². The maximum absolute atomic E-state index is 2.22. The van der Waals surface area contributed by atoms with Crippen LogP contribution in [0.2, 0.25) is 0 Å². The van der Waals surface area contributed by atoms with Crippen LogP contribution < -0.4 is 0 Å². The number of aryl methyl sites for hydroxylation is 2. The molecule has 0 aliphatic heterocycles. The number of hydrogen-bond donors (Lipinski definition) is 0. The van der Waals surface area contributed by atoms with Crippen molar-refractivity contribution in [2.75, 3.05) is 0 Å². The zero-order valence-electron chi connectivity index (χ0n) is 9.59. The average molecular weight is 178 g/mol. The van der Waals surface area contributed by atoms with Crippen LogP contribution in [0.1, 0.15) is 38.8 Å². The normalized spacial score (nSPS) is 9.38. The van der Waals surface area contributed by atoms with Gasteiger partial charge in [-0.2, -0.15) is 0 Å². The highest BCUT2D eigenvalue weighted by Crippen LogP contribution is 2.03. The van der Waals surface area contributed by atoms with Crippen LogP contribution in [0, 0.1) is 12.8 Å². The van der Waals surface area contributed by atoms with Gasteiger partial charge in [0.15, 0.2) is 0 Å². The van der Waals surface area contributed by atoms with E-state index in [0.29, 0.717) is 0 Å². The SMILES string of the molecule is CC(C)C.CCc1cccc(C)c1. The van der Waals surface area contributed by atoms with E-state index in [1.54, 1.807) is 0 Å². The van der Waals surface area contributed by atoms with Crippen LogP contribution in [0.5, 0.6) is 0 Å². The van der Waals surface area contributed by atoms with Crippen molar-refractivity contribution in [2.45, 2.75) is 41.0 Å². The third-order valence-corrected chi connectivity index (χ3v) is 1.49. The fourth-order valence-corrected chi connectivity index (χ4v) is 0.932. The Morgan fingerprint density at radius 2 is 1.69 bits per heavy atom. The Morgan fingerprint density at radius 3 is 2.00 bits per heavy atom. The van der Waals surface area contributed by atoms with Crippen molar-refractivity contribution in [3.8, 4) is 0 Å². The topological polar surface area (TPSA) is 0 Å². The van der Waals surface area contributed by atoms with E-state index in [0.717, 1.165) is 12.3 Å². The largest absolute Gasteiger partial charge is 0.0630 e. The molecule has 0 heteroatoms. The molecule has 0 aliphatic carbocycles. The van der Waals surface area contributed by atoms with Gasteiger partial charge in [0.05, 0.1) is 0 Å². The average Bonchev–Trinajstić information content (AvgIpc) is 2.03. The lowest BCUT2D eigenvalue weighted by molar-refractivity contribution is 0.737. The second kappa shape index (κ2) is 6.71. The zero-order chi connectivity index (χ0) is 10.3. The summed E-state index contributed by atoms with van der Waals surface area (Å²) in [5, 5.41) is 0. The first-order valence-electron chi connectivity index (χ1n) is 5.11. The molecule has 0 radical (unpaired) electrons. The van der Waals surface area contributed by atoms with E-state index in [-0.39, 0.29) is 0 Å². The molecule has 0 spiro atoms. The van der Waals surface area contributed by atoms with Crippen LogP contribution >= 0.6 is 0 Å². The third kappa shape index (κ3) is 7.58. The van der Waals surface area contributed by atoms with Gasteiger partial charge in [0.2, 0.25) is 0 Å². The van der Waals surface area contributed by atoms with Gasteiger partial charge < -0.3 is 0 Å². The van der Waals surface area contributed by atoms with Crippen LogP contribution in [0.3, 0.4) is 0 Å². The maximum atomic E-state index is 2.22. The molecule has 0 amide bonds. The second-order valence-corrected chi connectivity index (χ2v) is 4.07. The molecule has 0 N–H and O–H groups in total. The summed E-state index contributed by atoms with van der Waals surface area (Å²) >= 11 is 0. The molecule has 0 aromatic heterocycles. The highest BCUT2D eigenvalue weighted by atomic mass is 13.9. The van der Waals surface area contributed by atoms with Gasteiger partial charge in [0.25, 0.3) is 0 Å². The smallest absolute Gasteiger partial charge is 0.0307 e. The number of rotatable bonds is 1. The molecule has 0 saturated heterocycles. The van der Waals surface area contributed by atoms with Gasteiger partial charge in [-0.15, -0.1) is 0 Å². The lowest BCUT2D eigenvalue weighted by Crippen LogP contribution is -1.78. The standard InChI is InChI=1S/C9H12.C4H10/c1-3-9-6-4-5-8(2)7-9;1-4(2)3/h4-7H,3H2,1-2H3;4H,1-3H3. The molecular weight excluding hydrogens is 156 g/mol. The summed E-state index contributed by atoms with van der Waals surface area (Å²) in [6.07, 6.45) is 1.14. The fourth-order valence-electron chi connectivity index (χ4n) is 0.932. The van der Waals surface area contributed by atoms with Gasteiger partial charge in [0, 0.05) is 0 Å². The Balaban J connectivity index is 0.000000310. The Morgan fingerprint density at radius 1 is 1.15 bits per heavy atom. The Bertz CT molecular complexity index is 220. The van der Waals surface area contributed by atoms with Crippen molar-refractivity contribution in [3.63, 3.8) is 0 Å². The molecule has 1 aromatic rings. The van der Waals surface area contributed by atoms with Crippen molar-refractivity contribution in [1.29, 1.82) is 0 Å². The molecule has 0 saturated carbocycles. The summed E-state index contributed by atoms with van der Waals surface area (Å²) in [6, 6.07) is 8.61. The van der Waals surface area contributed by atoms with E-state index in [1.165, 1.54) is 11.1 Å². The first-order valence-corrected chi connectivity index (χ1v) is 5.11. The predicted octanol–water partition coefficient (Wildman–Crippen LogP) is 4.22. The highest BCUT2D eigenvalue weighted by Gasteiger charge is 1.85. The lowest BCUT2D eigenvalue weighted by Gasteiger charge is -1.95. The quantitative estimate of drug-likeness (QED) is 0.604. The summed E-state index contributed by atoms with van der Waals surface area (Å²) in [5.41, 5.74) is 2.78. The van der Waals surface area contributed by atoms with Crippen molar-refractivity contribution in [1.82, 2.24) is 0 Å². The minimum absolute atomic E-state index is 0.833. The van der Waals surface area contributed by atoms with Gasteiger partial charge in [-0.1, -0.05) is 57.5 Å². The summed E-state index contributed by atoms with van der Waals surface area (Å²) in [5.74, 6) is 0.833. The molecule has 1 rings (SSSR count). The first-order chi connectivity index (χ1) is 6.06. The molecule has 0 bridgehead atoms. The molecule has 1 aromatic carbocycles. The minimum Gasteiger partial charge on any atom is -0.0630 e. The molecule has 0 fully saturated rings. The minimum atomic E-state index is 0.833. The Kier molecular flexibility index (Phi) is 6.30. The predicted molar refractivity (Wildman–Crippen MR) is 61.1 cm³/mol. The van der Waals surface area contributed by atoms with Crippen LogP contribution in [-0.4, -0.2) is 0 Å². The molecule has 74 valence electrons. The molecular formula is C13H22. The Hall–Kier alpha value is -0.780. The van der Waals surface area contributed by atoms with E-state index in [1.807, 2.05) is 0 Å². The summed E-state index contributed by atoms with van der Waals surface area (Å²) in [6.45, 7) is 10.8. The number of benzene rings is 1. The monoisotopic (exact) mass is 178 g/mol. The van der Waals surface area contributed by atoms with Gasteiger partial charge >= 0.3 is 0 Å². The summed E-state index contributed by atoms with van der Waals surface area (Å²) in [7, 11) is 0. The third-order valence-electron chi connectivity index (χ3n) is 1.49. The molecule has 0 nitrogen and oxygen atoms in total. The van der Waals surface area contributed by atoms with Crippen molar-refractivity contribution in [2.24, 2.45) is 5.92 Å². The molecule has 0 unspecified atom stereocenters. The maximum Gasteiger partial charge on any atom is -0.0307 e. The van der Waals surface area contributed by atoms with Crippen LogP contribution in [0.15, 0.2) is 24.3 Å². The second-order valence-electron chi connectivity index (χ2n) is 4.07. The van der Waals surface area contributed by atoms with Gasteiger partial charge in [-0.05, 0) is 24.8 Å². The lowest BCUT2D eigenvalue weighted by atomic mass is 10.1. The van der Waals surface area contributed by atoms with Gasteiger partial charge in [-0.25, -0.2) is 0 Å². The van der Waals surface area contributed by atoms with E-state index in [2.05, 4.69) is 58.9 Å². The number of hydrogen-bond acceptors (Lipinski definition) is 0. The molecule has 13 heavy (non-hydrogen) atoms. The zero-order valence-corrected chi connectivity index (χ0v) is 9.59. The molecule has 0 atom stereocenters. The van der Waals surface area contributed by atoms with Gasteiger partial charge in [0.1, 0.15) is 0 Å². The van der Waals surface area contributed by atoms with Crippen molar-refractivity contribution in [3.05, 3.63) is 35.4 Å². The summed E-state index contributed by atoms with van der Waals surface area (Å²) < 4.78 is 0. The molecule has 0 aliphatic rings. The fraction of sp³-hybridized carbons (Fsp3) is 0.538. The van der Waals surface area contributed by atoms with Crippen LogP contribution in [0.4, 0.5) is 0 Å². The van der Waals surface area contributed by atoms with Crippen molar-refractivity contribution < 1.29 is 0 Å². The van der Waals surface area contributed by atoms with E-state index in [9.17, 15) is 0 Å². The Labute approximate surface area is 83.0 Å². The highest BCUT2D eigenvalue weighted by molar-refractivity contribution is 5.21. The first kappa shape index (κ1) is 12.2. The van der Waals surface area contributed by atoms with E-state index < -0.39 is 0 Å². The van der Waals surface area contributed by atoms with Gasteiger partial charge in [-0.3, -0.25) is 0 Å². The van der Waals surface area contributed by atoms with Crippen LogP contribution in [-0.2, 0) is 6.42 Å². The van der Waals surface area contributed by atoms with E-state index >= 15 is 0 Å². The summed E-state index contributed by atoms with van der Waals surface area (Å²) in [4.78, 5) is 0.